The molecular formula is C32H20N4S2. The highest BCUT2D eigenvalue weighted by molar-refractivity contribution is 8.79. The average Bonchev–Trinajstić information content (AvgIpc) is 3.00. The molecule has 0 radical (unpaired) electrons. The van der Waals surface area contributed by atoms with Crippen LogP contribution < -0.4 is 0 Å². The summed E-state index contributed by atoms with van der Waals surface area (Å²) in [5.41, 5.74) is 5.62. The molecule has 0 atom stereocenters. The lowest BCUT2D eigenvalue weighted by atomic mass is 10.0. The van der Waals surface area contributed by atoms with Gasteiger partial charge in [-0.15, -0.1) is 0 Å². The van der Waals surface area contributed by atoms with Gasteiger partial charge in [-0.3, -0.25) is 0 Å². The molecule has 4 aromatic rings. The molecule has 0 bridgehead atoms. The highest BCUT2D eigenvalue weighted by Crippen LogP contribution is 2.47. The Kier molecular flexibility index (Phi) is 7.96. The molecule has 0 saturated carbocycles. The second-order valence-electron chi connectivity index (χ2n) is 8.14. The van der Waals surface area contributed by atoms with Gasteiger partial charge in [0.2, 0.25) is 0 Å². The number of allylic oxidation sites excluding steroid dienone is 2. The minimum atomic E-state index is 0.222. The molecule has 0 N–H and O–H groups in total. The van der Waals surface area contributed by atoms with E-state index in [2.05, 4.69) is 12.1 Å². The number of hydrogen-bond acceptors (Lipinski definition) is 6. The molecule has 180 valence electrons. The van der Waals surface area contributed by atoms with E-state index in [4.69, 9.17) is 9.98 Å². The number of benzene rings is 4. The summed E-state index contributed by atoms with van der Waals surface area (Å²) >= 11 is 0. The molecule has 0 unspecified atom stereocenters. The van der Waals surface area contributed by atoms with Crippen molar-refractivity contribution in [2.75, 3.05) is 0 Å². The standard InChI is InChI=1S/C32H20N4S2/c33-21-27-28(22-34)32(36-30(25-17-9-3-10-18-25)26-19-11-4-12-20-26)38-37-31(27)35-29(23-13-5-1-6-14-23)24-15-7-2-8-16-24/h1-20H. The van der Waals surface area contributed by atoms with Crippen LogP contribution in [0.3, 0.4) is 0 Å². The second-order valence-corrected chi connectivity index (χ2v) is 10.2. The first-order valence-electron chi connectivity index (χ1n) is 11.8. The Bertz CT molecular complexity index is 1430. The van der Waals surface area contributed by atoms with Crippen molar-refractivity contribution in [1.29, 1.82) is 10.5 Å². The number of aliphatic imine (C=N–C) groups is 2. The number of rotatable bonds is 6. The molecule has 6 heteroatoms. The minimum absolute atomic E-state index is 0.222. The molecule has 0 aromatic heterocycles. The number of nitrogens with zero attached hydrogens (tertiary/aromatic N) is 4. The Morgan fingerprint density at radius 3 is 0.947 bits per heavy atom. The van der Waals surface area contributed by atoms with E-state index >= 15 is 0 Å². The van der Waals surface area contributed by atoms with Crippen molar-refractivity contribution >= 4 is 33.0 Å². The largest absolute Gasteiger partial charge is 0.239 e. The van der Waals surface area contributed by atoms with Crippen LogP contribution in [-0.2, 0) is 0 Å². The summed E-state index contributed by atoms with van der Waals surface area (Å²) in [6.07, 6.45) is 0. The molecule has 0 saturated heterocycles. The summed E-state index contributed by atoms with van der Waals surface area (Å²) in [5, 5.41) is 21.3. The predicted molar refractivity (Wildman–Crippen MR) is 158 cm³/mol. The molecule has 38 heavy (non-hydrogen) atoms. The summed E-state index contributed by atoms with van der Waals surface area (Å²) in [7, 11) is 2.69. The van der Waals surface area contributed by atoms with Crippen LogP contribution in [0, 0.1) is 22.7 Å². The predicted octanol–water partition coefficient (Wildman–Crippen LogP) is 7.93. The summed E-state index contributed by atoms with van der Waals surface area (Å²) < 4.78 is 0. The SMILES string of the molecule is N#CC1=C(N=C(c2ccccc2)c2ccccc2)SSC(N=C(c2ccccc2)c2ccccc2)=C1C#N. The van der Waals surface area contributed by atoms with Crippen molar-refractivity contribution in [3.8, 4) is 12.1 Å². The molecule has 0 fully saturated rings. The van der Waals surface area contributed by atoms with Crippen LogP contribution in [0.15, 0.2) is 153 Å². The summed E-state index contributed by atoms with van der Waals surface area (Å²) in [6, 6.07) is 43.8. The first-order chi connectivity index (χ1) is 18.8. The maximum atomic E-state index is 10.2. The maximum Gasteiger partial charge on any atom is 0.127 e. The molecule has 1 aliphatic rings. The Morgan fingerprint density at radius 1 is 0.447 bits per heavy atom. The fourth-order valence-electron chi connectivity index (χ4n) is 3.91. The van der Waals surface area contributed by atoms with Crippen LogP contribution in [0.5, 0.6) is 0 Å². The van der Waals surface area contributed by atoms with E-state index in [1.807, 2.05) is 121 Å². The van der Waals surface area contributed by atoms with Crippen LogP contribution in [0.2, 0.25) is 0 Å². The van der Waals surface area contributed by atoms with Crippen molar-refractivity contribution in [3.05, 3.63) is 165 Å². The zero-order valence-electron chi connectivity index (χ0n) is 20.2. The van der Waals surface area contributed by atoms with Gasteiger partial charge >= 0.3 is 0 Å². The quantitative estimate of drug-likeness (QED) is 0.190. The lowest BCUT2D eigenvalue weighted by Gasteiger charge is -2.16. The fourth-order valence-corrected chi connectivity index (χ4v) is 5.99. The minimum Gasteiger partial charge on any atom is -0.239 e. The smallest absolute Gasteiger partial charge is 0.127 e. The van der Waals surface area contributed by atoms with Crippen molar-refractivity contribution < 1.29 is 0 Å². The van der Waals surface area contributed by atoms with E-state index in [1.54, 1.807) is 0 Å². The normalized spacial score (nSPS) is 12.8. The van der Waals surface area contributed by atoms with Gasteiger partial charge in [-0.05, 0) is 21.6 Å². The highest BCUT2D eigenvalue weighted by Gasteiger charge is 2.25. The van der Waals surface area contributed by atoms with Gasteiger partial charge in [0.05, 0.1) is 11.4 Å². The van der Waals surface area contributed by atoms with Gasteiger partial charge in [0, 0.05) is 22.3 Å². The van der Waals surface area contributed by atoms with E-state index in [-0.39, 0.29) is 11.1 Å². The molecule has 4 aromatic carbocycles. The third-order valence-corrected chi connectivity index (χ3v) is 7.90. The summed E-state index contributed by atoms with van der Waals surface area (Å²) in [5.74, 6) is 0. The molecular weight excluding hydrogens is 505 g/mol. The molecule has 5 rings (SSSR count). The Morgan fingerprint density at radius 2 is 0.711 bits per heavy atom. The fraction of sp³-hybridized carbons (Fsp3) is 0. The van der Waals surface area contributed by atoms with Gasteiger partial charge in [-0.2, -0.15) is 10.5 Å². The monoisotopic (exact) mass is 524 g/mol. The van der Waals surface area contributed by atoms with Gasteiger partial charge in [0.15, 0.2) is 0 Å². The van der Waals surface area contributed by atoms with Gasteiger partial charge in [-0.25, -0.2) is 9.98 Å². The topological polar surface area (TPSA) is 72.3 Å². The molecule has 0 aliphatic carbocycles. The van der Waals surface area contributed by atoms with E-state index in [0.29, 0.717) is 10.1 Å². The Labute approximate surface area is 229 Å². The molecule has 0 amide bonds. The number of nitriles is 2. The van der Waals surface area contributed by atoms with Crippen LogP contribution >= 0.6 is 21.6 Å². The molecule has 4 nitrogen and oxygen atoms in total. The van der Waals surface area contributed by atoms with Gasteiger partial charge in [0.1, 0.15) is 33.3 Å². The van der Waals surface area contributed by atoms with Crippen LogP contribution in [0.1, 0.15) is 22.3 Å². The van der Waals surface area contributed by atoms with E-state index in [0.717, 1.165) is 33.7 Å². The van der Waals surface area contributed by atoms with Crippen molar-refractivity contribution in [2.45, 2.75) is 0 Å². The Balaban J connectivity index is 1.67. The molecule has 0 spiro atoms. The van der Waals surface area contributed by atoms with Gasteiger partial charge in [0.25, 0.3) is 0 Å². The van der Waals surface area contributed by atoms with Crippen molar-refractivity contribution in [1.82, 2.24) is 0 Å². The average molecular weight is 525 g/mol. The van der Waals surface area contributed by atoms with E-state index in [1.165, 1.54) is 21.6 Å². The highest BCUT2D eigenvalue weighted by atomic mass is 33.1. The lowest BCUT2D eigenvalue weighted by Crippen LogP contribution is -2.07. The first-order valence-corrected chi connectivity index (χ1v) is 14.0. The second kappa shape index (κ2) is 12.1. The van der Waals surface area contributed by atoms with E-state index < -0.39 is 0 Å². The van der Waals surface area contributed by atoms with Crippen molar-refractivity contribution in [3.63, 3.8) is 0 Å². The third-order valence-electron chi connectivity index (χ3n) is 5.72. The molecule has 1 heterocycles. The zero-order valence-corrected chi connectivity index (χ0v) is 21.8. The van der Waals surface area contributed by atoms with Crippen LogP contribution in [-0.4, -0.2) is 11.4 Å². The maximum absolute atomic E-state index is 10.2. The summed E-state index contributed by atoms with van der Waals surface area (Å²) in [4.78, 5) is 9.88. The van der Waals surface area contributed by atoms with Gasteiger partial charge in [-0.1, -0.05) is 121 Å². The Hall–Kier alpha value is -4.62. The number of hydrogen-bond donors (Lipinski definition) is 0. The third kappa shape index (κ3) is 5.53. The first kappa shape index (κ1) is 25.0. The van der Waals surface area contributed by atoms with Crippen LogP contribution in [0.4, 0.5) is 0 Å². The summed E-state index contributed by atoms with van der Waals surface area (Å²) in [6.45, 7) is 0. The lowest BCUT2D eigenvalue weighted by molar-refractivity contribution is 1.33. The van der Waals surface area contributed by atoms with E-state index in [9.17, 15) is 10.5 Å². The van der Waals surface area contributed by atoms with Crippen LogP contribution in [0.25, 0.3) is 0 Å². The van der Waals surface area contributed by atoms with Crippen molar-refractivity contribution in [2.24, 2.45) is 9.98 Å². The van der Waals surface area contributed by atoms with Gasteiger partial charge < -0.3 is 0 Å². The molecule has 1 aliphatic heterocycles. The zero-order chi connectivity index (χ0) is 26.2.